The Hall–Kier alpha value is -3.69. The molecule has 1 atom stereocenters. The third kappa shape index (κ3) is 6.40. The normalized spacial score (nSPS) is 21.8. The van der Waals surface area contributed by atoms with Crippen LogP contribution in [0.3, 0.4) is 0 Å². The smallest absolute Gasteiger partial charge is 0.410 e. The van der Waals surface area contributed by atoms with Gasteiger partial charge in [-0.1, -0.05) is 60.7 Å². The lowest BCUT2D eigenvalue weighted by Crippen LogP contribution is -2.54. The van der Waals surface area contributed by atoms with Crippen molar-refractivity contribution < 1.29 is 22.7 Å². The molecule has 6 rings (SSSR count). The molecule has 0 aromatic heterocycles. The van der Waals surface area contributed by atoms with Crippen molar-refractivity contribution in [3.63, 3.8) is 0 Å². The predicted molar refractivity (Wildman–Crippen MR) is 169 cm³/mol. The lowest BCUT2D eigenvalue weighted by Gasteiger charge is -2.43. The first-order chi connectivity index (χ1) is 21.0. The Morgan fingerprint density at radius 1 is 0.841 bits per heavy atom. The summed E-state index contributed by atoms with van der Waals surface area (Å²) in [6.45, 7) is 6.74. The maximum absolute atomic E-state index is 13.9. The summed E-state index contributed by atoms with van der Waals surface area (Å²) < 4.78 is 35.3. The topological polar surface area (TPSA) is 96.0 Å². The summed E-state index contributed by atoms with van der Waals surface area (Å²) in [6.07, 6.45) is 2.78. The second-order valence-electron chi connectivity index (χ2n) is 13.2. The first-order valence-electron chi connectivity index (χ1n) is 15.6. The van der Waals surface area contributed by atoms with E-state index in [1.807, 2.05) is 74.2 Å². The molecular weight excluding hydrogens is 574 g/mol. The van der Waals surface area contributed by atoms with Crippen LogP contribution < -0.4 is 4.72 Å². The highest BCUT2D eigenvalue weighted by atomic mass is 32.2. The van der Waals surface area contributed by atoms with Gasteiger partial charge in [0.2, 0.25) is 15.9 Å². The van der Waals surface area contributed by atoms with Crippen molar-refractivity contribution in [3.05, 3.63) is 89.5 Å². The first-order valence-corrected chi connectivity index (χ1v) is 17.0. The summed E-state index contributed by atoms with van der Waals surface area (Å²) in [7, 11) is -3.69. The summed E-state index contributed by atoms with van der Waals surface area (Å²) in [4.78, 5) is 30.7. The zero-order valence-electron chi connectivity index (χ0n) is 25.7. The molecule has 1 aliphatic heterocycles. The molecule has 0 spiro atoms. The minimum atomic E-state index is -3.69. The van der Waals surface area contributed by atoms with Crippen LogP contribution in [0.5, 0.6) is 0 Å². The highest BCUT2D eigenvalue weighted by molar-refractivity contribution is 7.89. The number of rotatable bonds is 5. The molecule has 3 aliphatic rings. The molecule has 44 heavy (non-hydrogen) atoms. The fourth-order valence-electron chi connectivity index (χ4n) is 6.77. The summed E-state index contributed by atoms with van der Waals surface area (Å²) in [5.74, 6) is -0.115. The first kappa shape index (κ1) is 30.3. The molecule has 2 amide bonds. The number of carbonyl (C=O) groups is 2. The Bertz CT molecular complexity index is 1640. The Balaban J connectivity index is 1.09. The van der Waals surface area contributed by atoms with Gasteiger partial charge in [0.05, 0.1) is 10.9 Å². The molecule has 2 fully saturated rings. The Morgan fingerprint density at radius 3 is 2.25 bits per heavy atom. The van der Waals surface area contributed by atoms with Crippen LogP contribution in [0.2, 0.25) is 0 Å². The van der Waals surface area contributed by atoms with Crippen molar-refractivity contribution in [1.82, 2.24) is 14.5 Å². The molecule has 2 aliphatic carbocycles. The largest absolute Gasteiger partial charge is 0.444 e. The van der Waals surface area contributed by atoms with E-state index in [2.05, 4.69) is 16.9 Å². The van der Waals surface area contributed by atoms with E-state index in [0.717, 1.165) is 23.1 Å². The van der Waals surface area contributed by atoms with Gasteiger partial charge in [0.1, 0.15) is 5.60 Å². The minimum Gasteiger partial charge on any atom is -0.444 e. The van der Waals surface area contributed by atoms with E-state index < -0.39 is 15.6 Å². The number of fused-ring (bicyclic) bond motifs is 3. The van der Waals surface area contributed by atoms with Gasteiger partial charge in [-0.2, -0.15) is 0 Å². The van der Waals surface area contributed by atoms with Gasteiger partial charge in [0.15, 0.2) is 0 Å². The van der Waals surface area contributed by atoms with Crippen molar-refractivity contribution in [2.24, 2.45) is 5.92 Å². The number of sulfonamides is 1. The quantitative estimate of drug-likeness (QED) is 0.301. The number of hydrogen-bond donors (Lipinski definition) is 1. The average Bonchev–Trinajstić information content (AvgIpc) is 3.38. The van der Waals surface area contributed by atoms with Gasteiger partial charge in [-0.15, -0.1) is 0 Å². The number of amides is 2. The van der Waals surface area contributed by atoms with E-state index in [1.54, 1.807) is 17.0 Å². The van der Waals surface area contributed by atoms with Crippen LogP contribution in [-0.2, 0) is 26.0 Å². The second-order valence-corrected chi connectivity index (χ2v) is 14.9. The molecule has 3 aromatic rings. The summed E-state index contributed by atoms with van der Waals surface area (Å²) >= 11 is 0. The van der Waals surface area contributed by atoms with Crippen LogP contribution >= 0.6 is 0 Å². The zero-order chi connectivity index (χ0) is 31.1. The highest BCUT2D eigenvalue weighted by Crippen LogP contribution is 2.38. The predicted octanol–water partition coefficient (Wildman–Crippen LogP) is 5.92. The number of nitrogens with zero attached hydrogens (tertiary/aromatic N) is 2. The lowest BCUT2D eigenvalue weighted by molar-refractivity contribution is -0.142. The molecule has 8 nitrogen and oxygen atoms in total. The summed E-state index contributed by atoms with van der Waals surface area (Å²) in [5, 5.41) is 0. The summed E-state index contributed by atoms with van der Waals surface area (Å²) in [6, 6.07) is 22.9. The number of hydrogen-bond acceptors (Lipinski definition) is 5. The molecule has 0 radical (unpaired) electrons. The van der Waals surface area contributed by atoms with Crippen LogP contribution in [-0.4, -0.2) is 61.5 Å². The van der Waals surface area contributed by atoms with Gasteiger partial charge in [-0.3, -0.25) is 4.79 Å². The van der Waals surface area contributed by atoms with Crippen molar-refractivity contribution in [2.75, 3.05) is 19.6 Å². The molecule has 0 bridgehead atoms. The average molecular weight is 616 g/mol. The molecule has 9 heteroatoms. The fourth-order valence-corrected chi connectivity index (χ4v) is 8.12. The minimum absolute atomic E-state index is 0.0715. The van der Waals surface area contributed by atoms with Gasteiger partial charge in [0.25, 0.3) is 0 Å². The van der Waals surface area contributed by atoms with E-state index in [4.69, 9.17) is 4.74 Å². The number of nitrogens with one attached hydrogen (secondary N) is 1. The standard InChI is InChI=1S/C35H41N3O5S/c1-35(2,3)43-34(40)37-19-20-38(32(23-37)24-9-5-4-6-10-24)33(39)25-13-15-28(16-14-25)36-44(41,42)29-17-18-31-27(22-29)21-26-11-7-8-12-30(26)31/h4-12,17-18,22,25,28,32,36H,13-16,19-21,23H2,1-3H3. The van der Waals surface area contributed by atoms with Crippen molar-refractivity contribution in [2.45, 2.75) is 75.5 Å². The van der Waals surface area contributed by atoms with Crippen LogP contribution in [0.1, 0.15) is 69.2 Å². The number of carbonyl (C=O) groups excluding carboxylic acids is 2. The third-order valence-electron chi connectivity index (χ3n) is 8.97. The van der Waals surface area contributed by atoms with Crippen LogP contribution in [0.15, 0.2) is 77.7 Å². The number of piperazine rings is 1. The summed E-state index contributed by atoms with van der Waals surface area (Å²) in [5.41, 5.74) is 4.89. The van der Waals surface area contributed by atoms with Gasteiger partial charge in [-0.25, -0.2) is 17.9 Å². The second kappa shape index (κ2) is 12.0. The fraction of sp³-hybridized carbons (Fsp3) is 0.429. The van der Waals surface area contributed by atoms with Crippen molar-refractivity contribution in [1.29, 1.82) is 0 Å². The maximum Gasteiger partial charge on any atom is 0.410 e. The Labute approximate surface area is 260 Å². The molecule has 3 aromatic carbocycles. The van der Waals surface area contributed by atoms with E-state index in [-0.39, 0.29) is 34.9 Å². The molecule has 232 valence electrons. The Morgan fingerprint density at radius 2 is 1.52 bits per heavy atom. The van der Waals surface area contributed by atoms with Crippen molar-refractivity contribution in [3.8, 4) is 11.1 Å². The Kier molecular flexibility index (Phi) is 8.28. The SMILES string of the molecule is CC(C)(C)OC(=O)N1CCN(C(=O)C2CCC(NS(=O)(=O)c3ccc4c(c3)Cc3ccccc3-4)CC2)C(c2ccccc2)C1. The number of ether oxygens (including phenoxy) is 1. The van der Waals surface area contributed by atoms with Gasteiger partial charge >= 0.3 is 6.09 Å². The molecule has 1 unspecified atom stereocenters. The van der Waals surface area contributed by atoms with E-state index in [9.17, 15) is 18.0 Å². The van der Waals surface area contributed by atoms with Crippen LogP contribution in [0.4, 0.5) is 4.79 Å². The maximum atomic E-state index is 13.9. The molecule has 1 N–H and O–H groups in total. The van der Waals surface area contributed by atoms with Crippen molar-refractivity contribution >= 4 is 22.0 Å². The zero-order valence-corrected chi connectivity index (χ0v) is 26.5. The van der Waals surface area contributed by atoms with E-state index >= 15 is 0 Å². The molecule has 1 saturated heterocycles. The van der Waals surface area contributed by atoms with Crippen LogP contribution in [0, 0.1) is 5.92 Å². The molecule has 1 saturated carbocycles. The van der Waals surface area contributed by atoms with Gasteiger partial charge in [0, 0.05) is 31.6 Å². The van der Waals surface area contributed by atoms with Crippen LogP contribution in [0.25, 0.3) is 11.1 Å². The van der Waals surface area contributed by atoms with Gasteiger partial charge in [-0.05, 0) is 92.8 Å². The van der Waals surface area contributed by atoms with E-state index in [1.165, 1.54) is 11.1 Å². The van der Waals surface area contributed by atoms with Gasteiger partial charge < -0.3 is 14.5 Å². The molecular formula is C35H41N3O5S. The lowest BCUT2D eigenvalue weighted by atomic mass is 9.85. The molecule has 1 heterocycles. The highest BCUT2D eigenvalue weighted by Gasteiger charge is 2.39. The monoisotopic (exact) mass is 615 g/mol. The van der Waals surface area contributed by atoms with E-state index in [0.29, 0.717) is 45.3 Å². The third-order valence-corrected chi connectivity index (χ3v) is 10.5. The number of benzene rings is 3.